The molecular weight excluding hydrogens is 1250 g/mol. The Labute approximate surface area is 533 Å². The molecule has 4 aromatic carbocycles. The molecule has 0 saturated carbocycles. The van der Waals surface area contributed by atoms with Crippen molar-refractivity contribution in [3.63, 3.8) is 0 Å². The second kappa shape index (κ2) is 38.5. The third-order valence-corrected chi connectivity index (χ3v) is 15.2. The Morgan fingerprint density at radius 1 is 0.652 bits per heavy atom. The fourth-order valence-electron chi connectivity index (χ4n) is 10.3. The van der Waals surface area contributed by atoms with Crippen molar-refractivity contribution in [1.82, 2.24) is 35.6 Å². The molecule has 1 aromatic heterocycles. The largest absolute Gasteiger partial charge is 0.481 e. The van der Waals surface area contributed by atoms with Crippen LogP contribution in [0, 0.1) is 34.0 Å². The Hall–Kier alpha value is -8.76. The fourth-order valence-corrected chi connectivity index (χ4v) is 10.3. The number of nitriles is 1. The molecule has 5 aromatic rings. The van der Waals surface area contributed by atoms with E-state index in [1.807, 2.05) is 124 Å². The Kier molecular flexibility index (Phi) is 31.5. The first kappa shape index (κ1) is 72.7. The summed E-state index contributed by atoms with van der Waals surface area (Å²) in [7, 11) is 3.15. The van der Waals surface area contributed by atoms with E-state index in [0.717, 1.165) is 49.4 Å². The number of aliphatic carboxylic acids is 1. The van der Waals surface area contributed by atoms with Gasteiger partial charge in [0.05, 0.1) is 41.4 Å². The standard InChI is InChI=1S/C15H18N2O2.C14H16N2O2.C10H11N.C7H11NO3.C7H9N.C6H9NO3.C6H5NO3.CH3I/c1-16-8-7-15(9-13(16)18)11-17(14(15)19)10-12-5-3-2-4-6-12;17-12-8-14(6-7-15-12)10-16(13(14)18)9-11-4-2-1-3-5-11;11-9-5-4-8-10-6-2-1-3-7-10;1-11-7(10)5-2-3-8-6(9)4-5;8-6-7-4-2-1-3-5-7;2*8-5-3-4(6(9)10)1-2-7-5;1-2/h2-6H,7-11H2,1H3;1-5H,6-10H2,(H,15,17);1-3,6-7H,4-5,8H2;5H,2-4H2,1H3,(H,8,9);1-5H,6,8H2;4H,1-3H2,(H,7,8)(H,9,10);1-3H,(H,7,8)(H,9,10);1H3. The van der Waals surface area contributed by atoms with Gasteiger partial charge < -0.3 is 56.3 Å². The second-order valence-corrected chi connectivity index (χ2v) is 21.7. The number of carbonyl (C=O) groups excluding carboxylic acids is 7. The molecule has 0 radical (unpaired) electrons. The molecule has 6 amide bonds. The lowest BCUT2D eigenvalue weighted by Gasteiger charge is -2.51. The number of piperidine rings is 4. The lowest BCUT2D eigenvalue weighted by Crippen LogP contribution is -2.64. The number of carbonyl (C=O) groups is 9. The molecule has 0 aliphatic carbocycles. The summed E-state index contributed by atoms with van der Waals surface area (Å²) in [6.45, 7) is 5.80. The van der Waals surface area contributed by atoms with Crippen LogP contribution in [0.3, 0.4) is 0 Å². The van der Waals surface area contributed by atoms with Gasteiger partial charge in [0.25, 0.3) is 0 Å². The predicted molar refractivity (Wildman–Crippen MR) is 342 cm³/mol. The molecule has 6 aliphatic rings. The number of carboxylic acids is 2. The number of aromatic carboxylic acids is 1. The summed E-state index contributed by atoms with van der Waals surface area (Å²) in [5.74, 6) is -2.75. The molecule has 11 rings (SSSR count). The van der Waals surface area contributed by atoms with Crippen LogP contribution in [-0.2, 0) is 69.1 Å². The van der Waals surface area contributed by atoms with E-state index in [4.69, 9.17) is 21.2 Å². The number of likely N-dealkylation sites (tertiary alicyclic amines) is 3. The maximum Gasteiger partial charge on any atom is 0.335 e. The number of pyridine rings is 1. The average Bonchev–Trinajstić information content (AvgIpc) is 0.967. The number of aryl methyl sites for hydroxylation is 1. The van der Waals surface area contributed by atoms with Crippen LogP contribution in [0.25, 0.3) is 0 Å². The van der Waals surface area contributed by atoms with Gasteiger partial charge in [0.1, 0.15) is 0 Å². The second-order valence-electron chi connectivity index (χ2n) is 21.7. The summed E-state index contributed by atoms with van der Waals surface area (Å²) in [5.41, 5.74) is 8.96. The van der Waals surface area contributed by atoms with Gasteiger partial charge in [-0.25, -0.2) is 4.79 Å². The van der Waals surface area contributed by atoms with Gasteiger partial charge in [0.2, 0.25) is 41.0 Å². The summed E-state index contributed by atoms with van der Waals surface area (Å²) in [6.07, 6.45) is 7.93. The summed E-state index contributed by atoms with van der Waals surface area (Å²) in [5, 5.41) is 33.1. The number of H-pyrrole nitrogens is 1. The molecule has 0 bridgehead atoms. The van der Waals surface area contributed by atoms with E-state index >= 15 is 0 Å². The molecule has 6 aliphatic heterocycles. The van der Waals surface area contributed by atoms with E-state index in [9.17, 15) is 47.9 Å². The van der Waals surface area contributed by atoms with Crippen molar-refractivity contribution >= 4 is 75.9 Å². The first-order chi connectivity index (χ1) is 42.8. The van der Waals surface area contributed by atoms with Crippen LogP contribution < -0.4 is 27.2 Å². The van der Waals surface area contributed by atoms with Crippen LogP contribution in [0.1, 0.15) is 96.8 Å². The Bertz CT molecular complexity index is 3190. The third-order valence-electron chi connectivity index (χ3n) is 15.2. The van der Waals surface area contributed by atoms with E-state index in [2.05, 4.69) is 66.5 Å². The Morgan fingerprint density at radius 2 is 1.12 bits per heavy atom. The zero-order valence-corrected chi connectivity index (χ0v) is 52.9. The maximum absolute atomic E-state index is 12.4. The topological polar surface area (TPSA) is 332 Å². The highest BCUT2D eigenvalue weighted by Crippen LogP contribution is 2.43. The number of amides is 6. The van der Waals surface area contributed by atoms with Crippen molar-refractivity contribution < 1.29 is 58.1 Å². The van der Waals surface area contributed by atoms with Crippen molar-refractivity contribution in [3.05, 3.63) is 178 Å². The van der Waals surface area contributed by atoms with Crippen molar-refractivity contribution in [2.75, 3.05) is 58.4 Å². The van der Waals surface area contributed by atoms with Gasteiger partial charge in [0.15, 0.2) is 0 Å². The van der Waals surface area contributed by atoms with Gasteiger partial charge in [-0.3, -0.25) is 43.2 Å². The number of nitrogens with zero attached hydrogens (tertiary/aromatic N) is 4. The first-order valence-electron chi connectivity index (χ1n) is 29.3. The molecule has 89 heavy (non-hydrogen) atoms. The van der Waals surface area contributed by atoms with Crippen LogP contribution in [-0.4, -0.2) is 142 Å². The Balaban J connectivity index is 0.000000226. The van der Waals surface area contributed by atoms with Crippen LogP contribution in [0.15, 0.2) is 144 Å². The summed E-state index contributed by atoms with van der Waals surface area (Å²) in [6, 6.07) is 44.7. The van der Waals surface area contributed by atoms with Crippen molar-refractivity contribution in [3.8, 4) is 6.07 Å². The van der Waals surface area contributed by atoms with Crippen molar-refractivity contribution in [2.24, 2.45) is 28.4 Å². The van der Waals surface area contributed by atoms with Crippen LogP contribution >= 0.6 is 22.6 Å². The average molecular weight is 1340 g/mol. The molecule has 6 fully saturated rings. The highest BCUT2D eigenvalue weighted by molar-refractivity contribution is 14.1. The quantitative estimate of drug-likeness (QED) is 0.0252. The van der Waals surface area contributed by atoms with E-state index in [0.29, 0.717) is 84.5 Å². The smallest absolute Gasteiger partial charge is 0.335 e. The molecule has 6 saturated heterocycles. The molecule has 23 heteroatoms. The lowest BCUT2D eigenvalue weighted by atomic mass is 9.70. The summed E-state index contributed by atoms with van der Waals surface area (Å²) in [4.78, 5) is 121. The van der Waals surface area contributed by atoms with Crippen LogP contribution in [0.5, 0.6) is 0 Å². The number of benzene rings is 4. The van der Waals surface area contributed by atoms with Gasteiger partial charge in [-0.2, -0.15) is 5.26 Å². The number of hydrogen-bond donors (Lipinski definition) is 7. The third kappa shape index (κ3) is 24.4. The zero-order chi connectivity index (χ0) is 65.2. The Morgan fingerprint density at radius 3 is 1.52 bits per heavy atom. The van der Waals surface area contributed by atoms with Gasteiger partial charge in [-0.1, -0.05) is 144 Å². The van der Waals surface area contributed by atoms with E-state index < -0.39 is 34.2 Å². The SMILES string of the molecule is CI.CN1CCC2(CC1=O)CN(Cc1ccccc1)C2=O.COC(=O)C1CCNC(=O)C1.N#CCCCc1ccccc1.NCc1ccccc1.O=C(O)c1cc[nH]c(=O)c1.O=C1CC(C(=O)O)CCN1.O=C1CC2(CCN1)CN(Cc1ccccc1)C2=O. The van der Waals surface area contributed by atoms with Crippen LogP contribution in [0.2, 0.25) is 0 Å². The number of halogens is 1. The summed E-state index contributed by atoms with van der Waals surface area (Å²) >= 11 is 2.15. The molecule has 4 atom stereocenters. The molecular formula is C66H82IN9O13. The number of nitrogens with two attached hydrogens (primary N) is 1. The molecule has 2 spiro atoms. The number of ether oxygens (including phenoxy) is 1. The number of esters is 1. The van der Waals surface area contributed by atoms with Gasteiger partial charge in [-0.05, 0) is 71.8 Å². The van der Waals surface area contributed by atoms with Gasteiger partial charge >= 0.3 is 17.9 Å². The van der Waals surface area contributed by atoms with E-state index in [1.165, 1.54) is 30.5 Å². The molecule has 4 unspecified atom stereocenters. The highest BCUT2D eigenvalue weighted by atomic mass is 127. The minimum absolute atomic E-state index is 0.00347. The fraction of sp³-hybridized carbons (Fsp3) is 0.409. The number of rotatable bonds is 11. The normalized spacial score (nSPS) is 20.1. The maximum atomic E-state index is 12.4. The lowest BCUT2D eigenvalue weighted by molar-refractivity contribution is -0.171. The number of nitrogens with one attached hydrogen (secondary N) is 4. The van der Waals surface area contributed by atoms with Crippen molar-refractivity contribution in [2.45, 2.75) is 90.3 Å². The molecule has 7 heterocycles. The minimum atomic E-state index is -1.09. The number of carboxylic acid groups (broad SMARTS) is 2. The summed E-state index contributed by atoms with van der Waals surface area (Å²) < 4.78 is 4.52. The monoisotopic (exact) mass is 1340 g/mol. The van der Waals surface area contributed by atoms with Gasteiger partial charge in [-0.15, -0.1) is 0 Å². The number of β-lactam (4-membered cyclic amide) rings is 2. The number of aromatic nitrogens is 1. The van der Waals surface area contributed by atoms with Crippen LogP contribution in [0.4, 0.5) is 0 Å². The van der Waals surface area contributed by atoms with E-state index in [-0.39, 0.29) is 65.7 Å². The predicted octanol–water partition coefficient (Wildman–Crippen LogP) is 6.28. The number of unbranched alkanes of at least 4 members (excludes halogenated alkanes) is 1. The number of hydrogen-bond acceptors (Lipinski definition) is 13. The van der Waals surface area contributed by atoms with Crippen molar-refractivity contribution in [1.29, 1.82) is 5.26 Å². The number of aromatic amines is 1. The van der Waals surface area contributed by atoms with Gasteiger partial charge in [0, 0.05) is 110 Å². The zero-order valence-electron chi connectivity index (χ0n) is 50.7. The molecule has 476 valence electrons. The first-order valence-corrected chi connectivity index (χ1v) is 31.4. The highest BCUT2D eigenvalue weighted by Gasteiger charge is 2.55. The molecule has 22 nitrogen and oxygen atoms in total. The number of methoxy groups -OCH3 is 1. The number of alkyl halides is 1. The molecule has 8 N–H and O–H groups in total. The van der Waals surface area contributed by atoms with E-state index in [1.54, 1.807) is 11.9 Å². The minimum Gasteiger partial charge on any atom is -0.481 e.